The van der Waals surface area contributed by atoms with Crippen molar-refractivity contribution in [3.8, 4) is 0 Å². The summed E-state index contributed by atoms with van der Waals surface area (Å²) in [6, 6.07) is 20.9. The number of nitrogens with zero attached hydrogens (tertiary/aromatic N) is 2. The van der Waals surface area contributed by atoms with Gasteiger partial charge >= 0.3 is 0 Å². The number of benzene rings is 3. The zero-order valence-corrected chi connectivity index (χ0v) is 18.9. The average molecular weight is 455 g/mol. The number of aryl methyl sites for hydroxylation is 1. The Kier molecular flexibility index (Phi) is 5.77. The summed E-state index contributed by atoms with van der Waals surface area (Å²) in [5.74, 6) is -0.266. The van der Waals surface area contributed by atoms with Crippen LogP contribution in [0.4, 0.5) is 11.4 Å². The molecule has 0 unspecified atom stereocenters. The molecule has 0 radical (unpaired) electrons. The lowest BCUT2D eigenvalue weighted by Crippen LogP contribution is -2.45. The maximum atomic E-state index is 13.6. The molecule has 3 aromatic rings. The fourth-order valence-electron chi connectivity index (χ4n) is 4.02. The predicted molar refractivity (Wildman–Crippen MR) is 124 cm³/mol. The average Bonchev–Trinajstić information content (AvgIpc) is 3.08. The first-order valence-electron chi connectivity index (χ1n) is 10.0. The number of anilines is 2. The third-order valence-electron chi connectivity index (χ3n) is 5.54. The Morgan fingerprint density at radius 2 is 1.68 bits per heavy atom. The van der Waals surface area contributed by atoms with Crippen molar-refractivity contribution in [2.24, 2.45) is 0 Å². The first kappa shape index (κ1) is 21.4. The van der Waals surface area contributed by atoms with Crippen LogP contribution in [0.1, 0.15) is 18.1 Å². The van der Waals surface area contributed by atoms with E-state index in [4.69, 9.17) is 11.6 Å². The van der Waals surface area contributed by atoms with Crippen LogP contribution in [0.2, 0.25) is 5.02 Å². The van der Waals surface area contributed by atoms with Gasteiger partial charge in [0.1, 0.15) is 6.54 Å². The number of sulfonamides is 1. The van der Waals surface area contributed by atoms with Crippen molar-refractivity contribution >= 4 is 38.9 Å². The lowest BCUT2D eigenvalue weighted by atomic mass is 10.1. The van der Waals surface area contributed by atoms with Gasteiger partial charge in [-0.25, -0.2) is 8.42 Å². The number of fused-ring (bicyclic) bond motifs is 1. The first-order chi connectivity index (χ1) is 14.8. The number of para-hydroxylation sites is 2. The first-order valence-corrected chi connectivity index (χ1v) is 11.8. The van der Waals surface area contributed by atoms with Gasteiger partial charge in [0.15, 0.2) is 0 Å². The second-order valence-electron chi connectivity index (χ2n) is 7.70. The van der Waals surface area contributed by atoms with Crippen LogP contribution in [0.5, 0.6) is 0 Å². The molecule has 0 aliphatic carbocycles. The topological polar surface area (TPSA) is 57.7 Å². The molecule has 5 nitrogen and oxygen atoms in total. The Morgan fingerprint density at radius 1 is 1.03 bits per heavy atom. The van der Waals surface area contributed by atoms with Crippen molar-refractivity contribution in [3.63, 3.8) is 0 Å². The Balaban J connectivity index is 1.75. The van der Waals surface area contributed by atoms with Crippen LogP contribution in [0.25, 0.3) is 0 Å². The zero-order chi connectivity index (χ0) is 22.2. The van der Waals surface area contributed by atoms with Gasteiger partial charge in [-0.05, 0) is 67.8 Å². The highest BCUT2D eigenvalue weighted by atomic mass is 35.5. The van der Waals surface area contributed by atoms with Crippen LogP contribution in [0, 0.1) is 6.92 Å². The van der Waals surface area contributed by atoms with Crippen LogP contribution < -0.4 is 9.21 Å². The lowest BCUT2D eigenvalue weighted by Gasteiger charge is -2.29. The number of amides is 1. The van der Waals surface area contributed by atoms with Crippen molar-refractivity contribution in [3.05, 3.63) is 88.9 Å². The highest BCUT2D eigenvalue weighted by Crippen LogP contribution is 2.33. The molecule has 3 aromatic carbocycles. The Bertz CT molecular complexity index is 1230. The summed E-state index contributed by atoms with van der Waals surface area (Å²) in [7, 11) is -3.99. The van der Waals surface area contributed by atoms with Gasteiger partial charge in [-0.1, -0.05) is 48.0 Å². The molecule has 1 aliphatic heterocycles. The predicted octanol–water partition coefficient (Wildman–Crippen LogP) is 4.82. The van der Waals surface area contributed by atoms with Crippen molar-refractivity contribution in [1.29, 1.82) is 0 Å². The summed E-state index contributed by atoms with van der Waals surface area (Å²) in [4.78, 5) is 15.2. The molecule has 1 amide bonds. The number of carbonyl (C=O) groups is 1. The summed E-state index contributed by atoms with van der Waals surface area (Å²) in [6.45, 7) is 3.51. The number of carbonyl (C=O) groups excluding carboxylic acids is 1. The molecule has 4 rings (SSSR count). The minimum absolute atomic E-state index is 0.0399. The van der Waals surface area contributed by atoms with Crippen molar-refractivity contribution in [2.45, 2.75) is 31.2 Å². The fourth-order valence-corrected chi connectivity index (χ4v) is 5.63. The molecule has 0 bridgehead atoms. The molecular formula is C24H23ClN2O3S. The summed E-state index contributed by atoms with van der Waals surface area (Å²) >= 11 is 5.95. The van der Waals surface area contributed by atoms with E-state index in [-0.39, 0.29) is 23.4 Å². The number of hydrogen-bond donors (Lipinski definition) is 0. The van der Waals surface area contributed by atoms with Crippen LogP contribution >= 0.6 is 11.6 Å². The van der Waals surface area contributed by atoms with Crippen LogP contribution in [-0.4, -0.2) is 26.9 Å². The van der Waals surface area contributed by atoms with Crippen molar-refractivity contribution < 1.29 is 13.2 Å². The molecule has 160 valence electrons. The van der Waals surface area contributed by atoms with Gasteiger partial charge in [-0.15, -0.1) is 0 Å². The Hall–Kier alpha value is -2.83. The normalized spacial score (nSPS) is 15.6. The van der Waals surface area contributed by atoms with Crippen LogP contribution in [-0.2, 0) is 21.2 Å². The Morgan fingerprint density at radius 3 is 2.39 bits per heavy atom. The molecule has 0 saturated heterocycles. The van der Waals surface area contributed by atoms with Gasteiger partial charge in [-0.3, -0.25) is 9.10 Å². The molecular weight excluding hydrogens is 432 g/mol. The third kappa shape index (κ3) is 4.05. The molecule has 1 atom stereocenters. The minimum Gasteiger partial charge on any atom is -0.307 e. The summed E-state index contributed by atoms with van der Waals surface area (Å²) in [5, 5.41) is 0.444. The van der Waals surface area contributed by atoms with E-state index in [0.29, 0.717) is 10.7 Å². The highest BCUT2D eigenvalue weighted by molar-refractivity contribution is 7.92. The second-order valence-corrected chi connectivity index (χ2v) is 10.00. The molecule has 0 N–H and O–H groups in total. The van der Waals surface area contributed by atoms with E-state index < -0.39 is 10.0 Å². The molecule has 0 spiro atoms. The van der Waals surface area contributed by atoms with Gasteiger partial charge < -0.3 is 4.90 Å². The maximum Gasteiger partial charge on any atom is 0.264 e. The van der Waals surface area contributed by atoms with Crippen molar-refractivity contribution in [1.82, 2.24) is 0 Å². The van der Waals surface area contributed by atoms with Gasteiger partial charge in [0.2, 0.25) is 5.91 Å². The third-order valence-corrected chi connectivity index (χ3v) is 7.57. The summed E-state index contributed by atoms with van der Waals surface area (Å²) < 4.78 is 28.4. The van der Waals surface area contributed by atoms with E-state index >= 15 is 0 Å². The highest BCUT2D eigenvalue weighted by Gasteiger charge is 2.35. The molecule has 1 heterocycles. The van der Waals surface area contributed by atoms with Gasteiger partial charge in [0.05, 0.1) is 10.6 Å². The standard InChI is InChI=1S/C24H23ClN2O3S/c1-17-7-3-5-9-22(17)26(31(29,30)21-13-11-20(25)12-14-21)16-24(28)27-18(2)15-19-8-4-6-10-23(19)27/h3-14,18H,15-16H2,1-2H3/t18-/m0/s1. The molecule has 0 fully saturated rings. The molecule has 0 saturated carbocycles. The number of hydrogen-bond acceptors (Lipinski definition) is 3. The molecule has 0 aromatic heterocycles. The molecule has 1 aliphatic rings. The number of rotatable bonds is 5. The monoisotopic (exact) mass is 454 g/mol. The zero-order valence-electron chi connectivity index (χ0n) is 17.3. The van der Waals surface area contributed by atoms with E-state index in [0.717, 1.165) is 23.2 Å². The van der Waals surface area contributed by atoms with Crippen LogP contribution in [0.3, 0.4) is 0 Å². The van der Waals surface area contributed by atoms with E-state index in [1.54, 1.807) is 17.0 Å². The van der Waals surface area contributed by atoms with Gasteiger partial charge in [-0.2, -0.15) is 0 Å². The largest absolute Gasteiger partial charge is 0.307 e. The smallest absolute Gasteiger partial charge is 0.264 e. The van der Waals surface area contributed by atoms with E-state index in [9.17, 15) is 13.2 Å². The van der Waals surface area contributed by atoms with Crippen LogP contribution in [0.15, 0.2) is 77.7 Å². The summed E-state index contributed by atoms with van der Waals surface area (Å²) in [6.07, 6.45) is 0.746. The minimum atomic E-state index is -3.99. The Labute approximate surface area is 187 Å². The molecule has 31 heavy (non-hydrogen) atoms. The van der Waals surface area contributed by atoms with Gasteiger partial charge in [0, 0.05) is 16.8 Å². The van der Waals surface area contributed by atoms with E-state index in [1.807, 2.05) is 50.2 Å². The number of halogens is 1. The lowest BCUT2D eigenvalue weighted by molar-refractivity contribution is -0.117. The van der Waals surface area contributed by atoms with Gasteiger partial charge in [0.25, 0.3) is 10.0 Å². The summed E-state index contributed by atoms with van der Waals surface area (Å²) in [5.41, 5.74) is 3.17. The quantitative estimate of drug-likeness (QED) is 0.555. The molecule has 7 heteroatoms. The SMILES string of the molecule is Cc1ccccc1N(CC(=O)N1c2ccccc2C[C@@H]1C)S(=O)(=O)c1ccc(Cl)cc1. The maximum absolute atomic E-state index is 13.6. The fraction of sp³-hybridized carbons (Fsp3) is 0.208. The van der Waals surface area contributed by atoms with E-state index in [2.05, 4.69) is 0 Å². The van der Waals surface area contributed by atoms with Crippen molar-refractivity contribution in [2.75, 3.05) is 15.7 Å². The van der Waals surface area contributed by atoms with E-state index in [1.165, 1.54) is 28.6 Å². The second kappa shape index (κ2) is 8.36.